The van der Waals surface area contributed by atoms with E-state index in [4.69, 9.17) is 12.2 Å². The third-order valence-electron chi connectivity index (χ3n) is 3.71. The normalized spacial score (nSPS) is 16.4. The molecule has 0 aliphatic carbocycles. The molecule has 6 heteroatoms. The molecule has 130 valence electrons. The molecule has 1 amide bonds. The summed E-state index contributed by atoms with van der Waals surface area (Å²) in [5, 5.41) is 10.8. The standard InChI is InChI=1S/C20H15NO3S2/c1-13(11-14-5-3-2-4-6-14)12-17-18(22)21(20(25)26-17)16-9-7-15(8-10-16)19(23)24/h2-12H,1H3,(H,23,24)/p-1/b13-11+,17-12+. The molecule has 0 atom stereocenters. The number of carboxylic acids is 1. The van der Waals surface area contributed by atoms with Gasteiger partial charge in [-0.2, -0.15) is 0 Å². The van der Waals surface area contributed by atoms with Gasteiger partial charge in [-0.15, -0.1) is 0 Å². The molecular weight excluding hydrogens is 366 g/mol. The van der Waals surface area contributed by atoms with Crippen molar-refractivity contribution < 1.29 is 14.7 Å². The Morgan fingerprint density at radius 2 is 1.77 bits per heavy atom. The SMILES string of the molecule is CC(=C\c1ccccc1)/C=C1/SC(=S)N(c2ccc(C(=O)[O-])cc2)C1=O. The van der Waals surface area contributed by atoms with E-state index in [0.29, 0.717) is 14.9 Å². The van der Waals surface area contributed by atoms with Gasteiger partial charge >= 0.3 is 0 Å². The van der Waals surface area contributed by atoms with Gasteiger partial charge in [0.1, 0.15) is 0 Å². The topological polar surface area (TPSA) is 60.4 Å². The predicted octanol–water partition coefficient (Wildman–Crippen LogP) is 3.40. The number of hydrogen-bond acceptors (Lipinski definition) is 5. The van der Waals surface area contributed by atoms with E-state index in [1.165, 1.54) is 28.8 Å². The van der Waals surface area contributed by atoms with Crippen LogP contribution in [0.1, 0.15) is 22.8 Å². The van der Waals surface area contributed by atoms with Gasteiger partial charge in [-0.05, 0) is 41.8 Å². The number of benzene rings is 2. The number of hydrogen-bond donors (Lipinski definition) is 0. The zero-order valence-electron chi connectivity index (χ0n) is 13.8. The van der Waals surface area contributed by atoms with Crippen molar-refractivity contribution in [2.24, 2.45) is 0 Å². The second-order valence-corrected chi connectivity index (χ2v) is 7.33. The molecule has 1 aliphatic heterocycles. The summed E-state index contributed by atoms with van der Waals surface area (Å²) in [7, 11) is 0. The van der Waals surface area contributed by atoms with Crippen molar-refractivity contribution in [2.75, 3.05) is 4.90 Å². The van der Waals surface area contributed by atoms with Crippen LogP contribution in [0.25, 0.3) is 6.08 Å². The van der Waals surface area contributed by atoms with E-state index in [1.54, 1.807) is 12.1 Å². The highest BCUT2D eigenvalue weighted by Crippen LogP contribution is 2.35. The van der Waals surface area contributed by atoms with Gasteiger partial charge in [0.25, 0.3) is 5.91 Å². The molecule has 26 heavy (non-hydrogen) atoms. The Kier molecular flexibility index (Phi) is 5.35. The summed E-state index contributed by atoms with van der Waals surface area (Å²) in [5.41, 5.74) is 2.57. The van der Waals surface area contributed by atoms with E-state index in [2.05, 4.69) is 0 Å². The highest BCUT2D eigenvalue weighted by atomic mass is 32.2. The summed E-state index contributed by atoms with van der Waals surface area (Å²) in [4.78, 5) is 25.5. The summed E-state index contributed by atoms with van der Waals surface area (Å²) in [6.07, 6.45) is 3.79. The molecule has 1 saturated heterocycles. The molecule has 0 bridgehead atoms. The third-order valence-corrected chi connectivity index (χ3v) is 5.01. The van der Waals surface area contributed by atoms with Gasteiger partial charge in [-0.1, -0.05) is 72.5 Å². The molecule has 0 unspecified atom stereocenters. The summed E-state index contributed by atoms with van der Waals surface area (Å²) >= 11 is 6.55. The number of rotatable bonds is 4. The average molecular weight is 380 g/mol. The lowest BCUT2D eigenvalue weighted by molar-refractivity contribution is -0.255. The number of aromatic carboxylic acids is 1. The molecule has 0 aromatic heterocycles. The molecule has 1 fully saturated rings. The van der Waals surface area contributed by atoms with Crippen LogP contribution in [0.15, 0.2) is 71.2 Å². The first-order chi connectivity index (χ1) is 12.5. The van der Waals surface area contributed by atoms with E-state index in [-0.39, 0.29) is 11.5 Å². The zero-order valence-corrected chi connectivity index (χ0v) is 15.5. The lowest BCUT2D eigenvalue weighted by atomic mass is 10.1. The Morgan fingerprint density at radius 1 is 1.12 bits per heavy atom. The number of thiocarbonyl (C=S) groups is 1. The second kappa shape index (κ2) is 7.68. The minimum atomic E-state index is -1.26. The molecule has 3 rings (SSSR count). The highest BCUT2D eigenvalue weighted by molar-refractivity contribution is 8.27. The number of nitrogens with zero attached hydrogens (tertiary/aromatic N) is 1. The third kappa shape index (κ3) is 3.92. The fraction of sp³-hybridized carbons (Fsp3) is 0.0500. The minimum absolute atomic E-state index is 0.0522. The van der Waals surface area contributed by atoms with Crippen molar-refractivity contribution >= 4 is 51.9 Å². The lowest BCUT2D eigenvalue weighted by Crippen LogP contribution is -2.28. The van der Waals surface area contributed by atoms with Gasteiger partial charge in [0.2, 0.25) is 0 Å². The summed E-state index contributed by atoms with van der Waals surface area (Å²) in [5.74, 6) is -1.48. The number of carbonyl (C=O) groups excluding carboxylic acids is 2. The van der Waals surface area contributed by atoms with Crippen molar-refractivity contribution in [3.05, 3.63) is 82.3 Å². The number of anilines is 1. The van der Waals surface area contributed by atoms with Crippen LogP contribution >= 0.6 is 24.0 Å². The lowest BCUT2D eigenvalue weighted by Gasteiger charge is -2.15. The van der Waals surface area contributed by atoms with Crippen molar-refractivity contribution in [1.82, 2.24) is 0 Å². The average Bonchev–Trinajstić information content (AvgIpc) is 2.89. The van der Waals surface area contributed by atoms with Gasteiger partial charge < -0.3 is 9.90 Å². The largest absolute Gasteiger partial charge is 0.545 e. The van der Waals surface area contributed by atoms with E-state index < -0.39 is 5.97 Å². The Morgan fingerprint density at radius 3 is 2.38 bits per heavy atom. The molecule has 2 aromatic carbocycles. The van der Waals surface area contributed by atoms with Crippen molar-refractivity contribution in [1.29, 1.82) is 0 Å². The molecule has 0 N–H and O–H groups in total. The van der Waals surface area contributed by atoms with Gasteiger partial charge in [-0.3, -0.25) is 9.69 Å². The van der Waals surface area contributed by atoms with Crippen LogP contribution in [0.2, 0.25) is 0 Å². The van der Waals surface area contributed by atoms with Crippen LogP contribution in [-0.2, 0) is 4.79 Å². The molecule has 0 radical (unpaired) electrons. The summed E-state index contributed by atoms with van der Waals surface area (Å²) < 4.78 is 0.412. The first-order valence-electron chi connectivity index (χ1n) is 7.78. The quantitative estimate of drug-likeness (QED) is 0.601. The summed E-state index contributed by atoms with van der Waals surface area (Å²) in [6.45, 7) is 1.92. The molecular formula is C20H14NO3S2-. The Hall–Kier alpha value is -2.70. The van der Waals surface area contributed by atoms with Gasteiger partial charge in [-0.25, -0.2) is 0 Å². The van der Waals surface area contributed by atoms with E-state index in [9.17, 15) is 14.7 Å². The van der Waals surface area contributed by atoms with Gasteiger partial charge in [0.15, 0.2) is 4.32 Å². The first kappa shape index (κ1) is 18.1. The zero-order chi connectivity index (χ0) is 18.7. The fourth-order valence-corrected chi connectivity index (χ4v) is 3.85. The first-order valence-corrected chi connectivity index (χ1v) is 9.01. The molecule has 1 aliphatic rings. The van der Waals surface area contributed by atoms with Crippen LogP contribution < -0.4 is 10.0 Å². The Bertz CT molecular complexity index is 931. The molecule has 0 spiro atoms. The number of thioether (sulfide) groups is 1. The van der Waals surface area contributed by atoms with Crippen molar-refractivity contribution in [3.63, 3.8) is 0 Å². The van der Waals surface area contributed by atoms with Gasteiger partial charge in [0.05, 0.1) is 16.6 Å². The molecule has 1 heterocycles. The number of amides is 1. The minimum Gasteiger partial charge on any atom is -0.545 e. The van der Waals surface area contributed by atoms with Crippen LogP contribution in [0, 0.1) is 0 Å². The maximum atomic E-state index is 12.7. The van der Waals surface area contributed by atoms with Crippen LogP contribution in [0.3, 0.4) is 0 Å². The smallest absolute Gasteiger partial charge is 0.270 e. The van der Waals surface area contributed by atoms with Gasteiger partial charge in [0, 0.05) is 0 Å². The second-order valence-electron chi connectivity index (χ2n) is 5.65. The molecule has 2 aromatic rings. The van der Waals surface area contributed by atoms with Crippen LogP contribution in [-0.4, -0.2) is 16.2 Å². The summed E-state index contributed by atoms with van der Waals surface area (Å²) in [6, 6.07) is 15.7. The highest BCUT2D eigenvalue weighted by Gasteiger charge is 2.33. The number of carboxylic acid groups (broad SMARTS) is 1. The Balaban J connectivity index is 1.84. The van der Waals surface area contributed by atoms with E-state index in [0.717, 1.165) is 11.1 Å². The van der Waals surface area contributed by atoms with Crippen LogP contribution in [0.5, 0.6) is 0 Å². The molecule has 4 nitrogen and oxygen atoms in total. The number of carbonyl (C=O) groups is 2. The van der Waals surface area contributed by atoms with Crippen molar-refractivity contribution in [3.8, 4) is 0 Å². The van der Waals surface area contributed by atoms with E-state index >= 15 is 0 Å². The predicted molar refractivity (Wildman–Crippen MR) is 107 cm³/mol. The Labute approximate surface area is 160 Å². The van der Waals surface area contributed by atoms with Crippen LogP contribution in [0.4, 0.5) is 5.69 Å². The number of allylic oxidation sites excluding steroid dienone is 2. The maximum absolute atomic E-state index is 12.7. The fourth-order valence-electron chi connectivity index (χ4n) is 2.50. The molecule has 0 saturated carbocycles. The van der Waals surface area contributed by atoms with Crippen molar-refractivity contribution in [2.45, 2.75) is 6.92 Å². The monoisotopic (exact) mass is 380 g/mol. The maximum Gasteiger partial charge on any atom is 0.270 e. The van der Waals surface area contributed by atoms with E-state index in [1.807, 2.05) is 49.4 Å².